The van der Waals surface area contributed by atoms with Crippen LogP contribution in [0.25, 0.3) is 0 Å². The number of halogens is 1. The van der Waals surface area contributed by atoms with E-state index in [0.717, 1.165) is 23.4 Å². The molecule has 0 aliphatic carbocycles. The molecule has 1 atom stereocenters. The summed E-state index contributed by atoms with van der Waals surface area (Å²) in [5, 5.41) is 2.63. The summed E-state index contributed by atoms with van der Waals surface area (Å²) in [5.41, 5.74) is 1.91. The fraction of sp³-hybridized carbons (Fsp3) is 0.278. The van der Waals surface area contributed by atoms with Gasteiger partial charge in [0.15, 0.2) is 0 Å². The molecule has 9 heteroatoms. The number of hydrogen-bond donors (Lipinski definition) is 2. The number of para-hydroxylation sites is 1. The van der Waals surface area contributed by atoms with Crippen LogP contribution in [0.2, 0.25) is 0 Å². The molecule has 3 rings (SSSR count). The van der Waals surface area contributed by atoms with Gasteiger partial charge in [-0.15, -0.1) is 0 Å². The van der Waals surface area contributed by atoms with Crippen LogP contribution < -0.4 is 14.9 Å². The number of carbonyl (C=O) groups excluding carboxylic acids is 1. The molecule has 0 saturated carbocycles. The molecule has 1 aliphatic rings. The van der Waals surface area contributed by atoms with Gasteiger partial charge in [0.05, 0.1) is 12.6 Å². The summed E-state index contributed by atoms with van der Waals surface area (Å²) in [7, 11) is -1.21. The van der Waals surface area contributed by atoms with Crippen LogP contribution in [0.5, 0.6) is 0 Å². The molecule has 0 radical (unpaired) electrons. The van der Waals surface area contributed by atoms with E-state index in [1.807, 2.05) is 24.3 Å². The van der Waals surface area contributed by atoms with Crippen LogP contribution in [0.15, 0.2) is 47.4 Å². The average Bonchev–Trinajstić information content (AvgIpc) is 2.68. The van der Waals surface area contributed by atoms with E-state index in [1.54, 1.807) is 7.11 Å². The lowest BCUT2D eigenvalue weighted by molar-refractivity contribution is 0.106. The summed E-state index contributed by atoms with van der Waals surface area (Å²) >= 11 is 0. The van der Waals surface area contributed by atoms with Gasteiger partial charge in [0.25, 0.3) is 0 Å². The van der Waals surface area contributed by atoms with Gasteiger partial charge in [0, 0.05) is 24.9 Å². The fourth-order valence-electron chi connectivity index (χ4n) is 3.00. The normalized spacial score (nSPS) is 16.7. The molecule has 2 aromatic rings. The molecule has 1 aliphatic heterocycles. The van der Waals surface area contributed by atoms with Gasteiger partial charge < -0.3 is 10.1 Å². The Balaban J connectivity index is 1.89. The molecule has 0 spiro atoms. The van der Waals surface area contributed by atoms with Gasteiger partial charge in [-0.05, 0) is 36.9 Å². The summed E-state index contributed by atoms with van der Waals surface area (Å²) < 4.78 is 45.2. The van der Waals surface area contributed by atoms with E-state index in [-0.39, 0.29) is 11.8 Å². The first-order chi connectivity index (χ1) is 12.9. The minimum atomic E-state index is -3.98. The summed E-state index contributed by atoms with van der Waals surface area (Å²) in [6.07, 6.45) is 0.538. The van der Waals surface area contributed by atoms with Crippen molar-refractivity contribution in [3.05, 3.63) is 53.8 Å². The maximum atomic E-state index is 13.9. The Morgan fingerprint density at radius 1 is 1.26 bits per heavy atom. The third-order valence-corrected chi connectivity index (χ3v) is 5.86. The molecule has 2 amide bonds. The number of nitrogens with one attached hydrogen (secondary N) is 2. The number of fused-ring (bicyclic) bond motifs is 1. The lowest BCUT2D eigenvalue weighted by Gasteiger charge is -2.33. The standard InChI is InChI=1S/C18H20FN3O4S/c1-20-27(24,25)17-10-13(7-8-15(17)19)21-18(23)22-11-14(26-2)9-12-5-3-4-6-16(12)22/h3-8,10,14,20H,9,11H2,1-2H3,(H,21,23). The van der Waals surface area contributed by atoms with Crippen molar-refractivity contribution in [2.24, 2.45) is 0 Å². The Bertz CT molecular complexity index is 965. The highest BCUT2D eigenvalue weighted by Gasteiger charge is 2.28. The number of amides is 2. The van der Waals surface area contributed by atoms with Crippen molar-refractivity contribution in [2.75, 3.05) is 30.9 Å². The smallest absolute Gasteiger partial charge is 0.326 e. The SMILES string of the molecule is CNS(=O)(=O)c1cc(NC(=O)N2CC(OC)Cc3ccccc32)ccc1F. The van der Waals surface area contributed by atoms with Crippen LogP contribution in [-0.2, 0) is 21.2 Å². The monoisotopic (exact) mass is 393 g/mol. The molecule has 7 nitrogen and oxygen atoms in total. The number of methoxy groups -OCH3 is 1. The quantitative estimate of drug-likeness (QED) is 0.835. The number of urea groups is 1. The topological polar surface area (TPSA) is 87.7 Å². The largest absolute Gasteiger partial charge is 0.379 e. The molecular formula is C18H20FN3O4S. The third-order valence-electron chi connectivity index (χ3n) is 4.44. The Hall–Kier alpha value is -2.49. The Kier molecular flexibility index (Phi) is 5.45. The Morgan fingerprint density at radius 3 is 2.70 bits per heavy atom. The average molecular weight is 393 g/mol. The molecule has 2 N–H and O–H groups in total. The molecule has 1 heterocycles. The first-order valence-electron chi connectivity index (χ1n) is 8.28. The number of anilines is 2. The maximum absolute atomic E-state index is 13.9. The lowest BCUT2D eigenvalue weighted by atomic mass is 10.00. The van der Waals surface area contributed by atoms with Crippen molar-refractivity contribution in [1.82, 2.24) is 4.72 Å². The van der Waals surface area contributed by atoms with Gasteiger partial charge in [0.1, 0.15) is 10.7 Å². The van der Waals surface area contributed by atoms with Gasteiger partial charge in [0.2, 0.25) is 10.0 Å². The van der Waals surface area contributed by atoms with E-state index >= 15 is 0 Å². The van der Waals surface area contributed by atoms with E-state index < -0.39 is 26.8 Å². The number of sulfonamides is 1. The number of hydrogen-bond acceptors (Lipinski definition) is 4. The van der Waals surface area contributed by atoms with Crippen molar-refractivity contribution >= 4 is 27.4 Å². The summed E-state index contributed by atoms with van der Waals surface area (Å²) in [5.74, 6) is -0.898. The van der Waals surface area contributed by atoms with Crippen molar-refractivity contribution in [3.8, 4) is 0 Å². The van der Waals surface area contributed by atoms with Crippen LogP contribution >= 0.6 is 0 Å². The number of carbonyl (C=O) groups is 1. The van der Waals surface area contributed by atoms with E-state index in [0.29, 0.717) is 13.0 Å². The van der Waals surface area contributed by atoms with E-state index in [4.69, 9.17) is 4.74 Å². The molecule has 0 aromatic heterocycles. The number of rotatable bonds is 4. The van der Waals surface area contributed by atoms with Crippen molar-refractivity contribution in [2.45, 2.75) is 17.4 Å². The molecule has 1 unspecified atom stereocenters. The van der Waals surface area contributed by atoms with E-state index in [9.17, 15) is 17.6 Å². The van der Waals surface area contributed by atoms with Crippen molar-refractivity contribution < 1.29 is 22.3 Å². The Morgan fingerprint density at radius 2 is 2.00 bits per heavy atom. The zero-order valence-electron chi connectivity index (χ0n) is 14.9. The summed E-state index contributed by atoms with van der Waals surface area (Å²) in [6, 6.07) is 10.4. The zero-order chi connectivity index (χ0) is 19.6. The second-order valence-electron chi connectivity index (χ2n) is 6.08. The summed E-state index contributed by atoms with van der Waals surface area (Å²) in [4.78, 5) is 13.8. The number of ether oxygens (including phenoxy) is 1. The second kappa shape index (κ2) is 7.63. The highest BCUT2D eigenvalue weighted by Crippen LogP contribution is 2.29. The number of benzene rings is 2. The molecule has 0 fully saturated rings. The molecule has 0 saturated heterocycles. The minimum absolute atomic E-state index is 0.154. The second-order valence-corrected chi connectivity index (χ2v) is 7.94. The van der Waals surface area contributed by atoms with E-state index in [2.05, 4.69) is 10.0 Å². The zero-order valence-corrected chi connectivity index (χ0v) is 15.7. The van der Waals surface area contributed by atoms with Gasteiger partial charge in [-0.1, -0.05) is 18.2 Å². The Labute approximate surface area is 157 Å². The van der Waals surface area contributed by atoms with Crippen LogP contribution in [0.1, 0.15) is 5.56 Å². The fourth-order valence-corrected chi connectivity index (χ4v) is 3.82. The van der Waals surface area contributed by atoms with Gasteiger partial charge in [-0.25, -0.2) is 22.3 Å². The molecular weight excluding hydrogens is 373 g/mol. The van der Waals surface area contributed by atoms with E-state index in [1.165, 1.54) is 18.0 Å². The van der Waals surface area contributed by atoms with Crippen LogP contribution in [0.3, 0.4) is 0 Å². The van der Waals surface area contributed by atoms with Crippen LogP contribution in [-0.4, -0.2) is 41.3 Å². The molecule has 144 valence electrons. The number of nitrogens with zero attached hydrogens (tertiary/aromatic N) is 1. The highest BCUT2D eigenvalue weighted by atomic mass is 32.2. The predicted molar refractivity (Wildman–Crippen MR) is 100.0 cm³/mol. The van der Waals surface area contributed by atoms with Gasteiger partial charge in [-0.2, -0.15) is 0 Å². The van der Waals surface area contributed by atoms with Gasteiger partial charge >= 0.3 is 6.03 Å². The molecule has 27 heavy (non-hydrogen) atoms. The third kappa shape index (κ3) is 3.95. The van der Waals surface area contributed by atoms with Gasteiger partial charge in [-0.3, -0.25) is 4.90 Å². The lowest BCUT2D eigenvalue weighted by Crippen LogP contribution is -2.45. The van der Waals surface area contributed by atoms with Crippen LogP contribution in [0, 0.1) is 5.82 Å². The first-order valence-corrected chi connectivity index (χ1v) is 9.76. The van der Waals surface area contributed by atoms with Crippen molar-refractivity contribution in [3.63, 3.8) is 0 Å². The van der Waals surface area contributed by atoms with Crippen LogP contribution in [0.4, 0.5) is 20.6 Å². The molecule has 2 aromatic carbocycles. The maximum Gasteiger partial charge on any atom is 0.326 e. The molecule has 0 bridgehead atoms. The van der Waals surface area contributed by atoms with Crippen molar-refractivity contribution in [1.29, 1.82) is 0 Å². The first kappa shape index (κ1) is 19.3. The predicted octanol–water partition coefficient (Wildman–Crippen LogP) is 2.34. The minimum Gasteiger partial charge on any atom is -0.379 e. The summed E-state index contributed by atoms with van der Waals surface area (Å²) in [6.45, 7) is 0.349. The highest BCUT2D eigenvalue weighted by molar-refractivity contribution is 7.89.